The van der Waals surface area contributed by atoms with Crippen LogP contribution in [0.2, 0.25) is 0 Å². The second kappa shape index (κ2) is 5.63. The molecule has 0 saturated heterocycles. The Kier molecular flexibility index (Phi) is 4.46. The number of hydrogen-bond acceptors (Lipinski definition) is 3. The fraction of sp³-hybridized carbons (Fsp3) is 0.417. The van der Waals surface area contributed by atoms with Crippen LogP contribution in [0.15, 0.2) is 35.4 Å². The number of hydrogen-bond donors (Lipinski definition) is 1. The van der Waals surface area contributed by atoms with E-state index < -0.39 is 0 Å². The Morgan fingerprint density at radius 3 is 2.50 bits per heavy atom. The van der Waals surface area contributed by atoms with Crippen molar-refractivity contribution in [1.82, 2.24) is 4.59 Å². The largest absolute Gasteiger partial charge is 0.858 e. The van der Waals surface area contributed by atoms with E-state index in [1.165, 1.54) is 0 Å². The molecule has 0 heterocycles. The average molecular weight is 222 g/mol. The minimum atomic E-state index is -0.153. The number of para-hydroxylation sites is 1. The van der Waals surface area contributed by atoms with Gasteiger partial charge in [0.05, 0.1) is 13.7 Å². The highest BCUT2D eigenvalue weighted by Crippen LogP contribution is 2.20. The Balaban J connectivity index is 3.06. The van der Waals surface area contributed by atoms with Crippen LogP contribution in [0.4, 0.5) is 5.69 Å². The van der Waals surface area contributed by atoms with E-state index in [0.29, 0.717) is 13.0 Å². The summed E-state index contributed by atoms with van der Waals surface area (Å²) in [6.45, 7) is 2.17. The fourth-order valence-corrected chi connectivity index (χ4v) is 1.50. The van der Waals surface area contributed by atoms with Gasteiger partial charge in [-0.3, -0.25) is 0 Å². The van der Waals surface area contributed by atoms with Crippen molar-refractivity contribution in [3.05, 3.63) is 30.3 Å². The normalized spacial score (nSPS) is 15.8. The lowest BCUT2D eigenvalue weighted by molar-refractivity contribution is -0.220. The zero-order valence-corrected chi connectivity index (χ0v) is 9.76. The first kappa shape index (κ1) is 12.7. The molecule has 0 aliphatic rings. The van der Waals surface area contributed by atoms with Crippen molar-refractivity contribution >= 4 is 11.6 Å². The zero-order chi connectivity index (χ0) is 12.0. The van der Waals surface area contributed by atoms with Gasteiger partial charge in [0, 0.05) is 18.0 Å². The molecular formula is C12H18N2O2. The predicted octanol–water partition coefficient (Wildman–Crippen LogP) is 0.700. The van der Waals surface area contributed by atoms with Crippen LogP contribution in [0, 0.1) is 0 Å². The predicted molar refractivity (Wildman–Crippen MR) is 63.8 cm³/mol. The lowest BCUT2D eigenvalue weighted by Gasteiger charge is -2.28. The Hall–Kier alpha value is -1.39. The number of nitrogens with zero attached hydrogens (tertiary/aromatic N) is 2. The van der Waals surface area contributed by atoms with Crippen LogP contribution in [0.3, 0.4) is 0 Å². The first-order valence-corrected chi connectivity index (χ1v) is 5.40. The number of aliphatic hydroxyl groups excluding tert-OH is 1. The number of rotatable bonds is 5. The van der Waals surface area contributed by atoms with Gasteiger partial charge in [-0.15, -0.1) is 0 Å². The van der Waals surface area contributed by atoms with Crippen LogP contribution in [-0.2, 0) is 0 Å². The summed E-state index contributed by atoms with van der Waals surface area (Å²) in [6, 6.07) is 9.52. The van der Waals surface area contributed by atoms with Gasteiger partial charge < -0.3 is 10.2 Å². The summed E-state index contributed by atoms with van der Waals surface area (Å²) in [4.78, 5) is 0. The minimum absolute atomic E-state index is 0.00805. The summed E-state index contributed by atoms with van der Waals surface area (Å²) in [5, 5.41) is 24.6. The summed E-state index contributed by atoms with van der Waals surface area (Å²) in [7, 11) is 1.82. The van der Waals surface area contributed by atoms with Crippen LogP contribution >= 0.6 is 0 Å². The van der Waals surface area contributed by atoms with Gasteiger partial charge in [-0.05, 0) is 6.42 Å². The van der Waals surface area contributed by atoms with Crippen LogP contribution < -0.4 is 9.70 Å². The summed E-state index contributed by atoms with van der Waals surface area (Å²) >= 11 is 0. The topological polar surface area (TPSA) is 55.7 Å². The molecule has 1 atom stereocenters. The minimum Gasteiger partial charge on any atom is -0.858 e. The summed E-state index contributed by atoms with van der Waals surface area (Å²) in [5.41, 5.74) is 0.901. The van der Waals surface area contributed by atoms with Gasteiger partial charge in [0.1, 0.15) is 6.54 Å². The third-order valence-electron chi connectivity index (χ3n) is 2.48. The van der Waals surface area contributed by atoms with E-state index in [9.17, 15) is 5.11 Å². The van der Waals surface area contributed by atoms with Crippen molar-refractivity contribution < 1.29 is 10.2 Å². The summed E-state index contributed by atoms with van der Waals surface area (Å²) < 4.78 is 0.101. The monoisotopic (exact) mass is 222 g/mol. The van der Waals surface area contributed by atoms with Gasteiger partial charge in [-0.2, -0.15) is 4.59 Å². The molecule has 0 amide bonds. The van der Waals surface area contributed by atoms with E-state index in [1.807, 2.05) is 37.4 Å². The SMILES string of the molecule is CCC([O-])=N[N@@+](C)(CCO)c1ccccc1. The molecule has 0 saturated carbocycles. The number of aliphatic hydroxyl groups is 1. The second-order valence-corrected chi connectivity index (χ2v) is 3.77. The molecule has 0 aromatic heterocycles. The Bertz CT molecular complexity index is 351. The molecule has 1 aromatic carbocycles. The molecule has 4 nitrogen and oxygen atoms in total. The highest BCUT2D eigenvalue weighted by Gasteiger charge is 2.23. The molecule has 4 heteroatoms. The molecule has 1 rings (SSSR count). The van der Waals surface area contributed by atoms with E-state index in [4.69, 9.17) is 5.11 Å². The lowest BCUT2D eigenvalue weighted by atomic mass is 10.3. The smallest absolute Gasteiger partial charge is 0.159 e. The third-order valence-corrected chi connectivity index (χ3v) is 2.48. The molecule has 16 heavy (non-hydrogen) atoms. The summed E-state index contributed by atoms with van der Waals surface area (Å²) in [6.07, 6.45) is 0.381. The standard InChI is InChI=1S/C12H18N2O2/c1-3-12(16)13-14(2,9-10-15)11-7-5-4-6-8-11/h4-8,15H,3,9-10H2,1-2H3/t14-/m0/s1. The van der Waals surface area contributed by atoms with E-state index >= 15 is 0 Å². The molecule has 0 unspecified atom stereocenters. The van der Waals surface area contributed by atoms with Gasteiger partial charge >= 0.3 is 0 Å². The van der Waals surface area contributed by atoms with Crippen molar-refractivity contribution in [2.24, 2.45) is 5.10 Å². The second-order valence-electron chi connectivity index (χ2n) is 3.77. The highest BCUT2D eigenvalue weighted by atomic mass is 16.3. The zero-order valence-electron chi connectivity index (χ0n) is 9.76. The lowest BCUT2D eigenvalue weighted by Crippen LogP contribution is -2.44. The van der Waals surface area contributed by atoms with Crippen LogP contribution in [0.25, 0.3) is 0 Å². The molecule has 0 aliphatic carbocycles. The van der Waals surface area contributed by atoms with Crippen LogP contribution in [0.5, 0.6) is 0 Å². The number of benzene rings is 1. The Morgan fingerprint density at radius 2 is 2.00 bits per heavy atom. The average Bonchev–Trinajstić information content (AvgIpc) is 2.30. The molecule has 0 fully saturated rings. The quantitative estimate of drug-likeness (QED) is 0.345. The first-order chi connectivity index (χ1) is 7.62. The van der Waals surface area contributed by atoms with Crippen molar-refractivity contribution in [3.8, 4) is 0 Å². The molecule has 1 aromatic rings. The molecule has 0 bridgehead atoms. The Labute approximate surface area is 96.0 Å². The van der Waals surface area contributed by atoms with Crippen molar-refractivity contribution in [3.63, 3.8) is 0 Å². The van der Waals surface area contributed by atoms with Crippen molar-refractivity contribution in [2.75, 3.05) is 20.2 Å². The maximum Gasteiger partial charge on any atom is 0.159 e. The van der Waals surface area contributed by atoms with Crippen molar-refractivity contribution in [2.45, 2.75) is 13.3 Å². The van der Waals surface area contributed by atoms with Crippen LogP contribution in [0.1, 0.15) is 13.3 Å². The van der Waals surface area contributed by atoms with Gasteiger partial charge in [0.15, 0.2) is 5.69 Å². The molecule has 88 valence electrons. The van der Waals surface area contributed by atoms with Gasteiger partial charge in [-0.25, -0.2) is 0 Å². The van der Waals surface area contributed by atoms with Crippen LogP contribution in [-0.4, -0.2) is 31.2 Å². The first-order valence-electron chi connectivity index (χ1n) is 5.40. The highest BCUT2D eigenvalue weighted by molar-refractivity contribution is 5.71. The Morgan fingerprint density at radius 1 is 1.38 bits per heavy atom. The van der Waals surface area contributed by atoms with Gasteiger partial charge in [-0.1, -0.05) is 30.2 Å². The molecule has 0 spiro atoms. The van der Waals surface area contributed by atoms with E-state index in [2.05, 4.69) is 5.10 Å². The fourth-order valence-electron chi connectivity index (χ4n) is 1.50. The maximum atomic E-state index is 11.4. The molecule has 0 radical (unpaired) electrons. The van der Waals surface area contributed by atoms with E-state index in [-0.39, 0.29) is 17.1 Å². The molecule has 1 N–H and O–H groups in total. The van der Waals surface area contributed by atoms with Gasteiger partial charge in [0.25, 0.3) is 0 Å². The van der Waals surface area contributed by atoms with Gasteiger partial charge in [0.2, 0.25) is 0 Å². The molecule has 0 aliphatic heterocycles. The van der Waals surface area contributed by atoms with E-state index in [1.54, 1.807) is 6.92 Å². The molecular weight excluding hydrogens is 204 g/mol. The van der Waals surface area contributed by atoms with Crippen molar-refractivity contribution in [1.29, 1.82) is 0 Å². The van der Waals surface area contributed by atoms with E-state index in [0.717, 1.165) is 5.69 Å². The third kappa shape index (κ3) is 3.05. The number of likely N-dealkylation sites (N-methyl/N-ethyl adjacent to an activating group) is 1. The maximum absolute atomic E-state index is 11.4. The number of quaternary nitrogens is 1. The summed E-state index contributed by atoms with van der Waals surface area (Å²) in [5.74, 6) is -0.153.